The van der Waals surface area contributed by atoms with Crippen LogP contribution in [-0.2, 0) is 24.4 Å². The normalized spacial score (nSPS) is 14.0. The number of hydrogen-bond donors (Lipinski definition) is 3. The predicted octanol–water partition coefficient (Wildman–Crippen LogP) is 3.50. The van der Waals surface area contributed by atoms with Crippen LogP contribution < -0.4 is 0 Å². The van der Waals surface area contributed by atoms with Gasteiger partial charge in [-0.25, -0.2) is 4.79 Å². The fourth-order valence-electron chi connectivity index (χ4n) is 2.85. The van der Waals surface area contributed by atoms with Gasteiger partial charge < -0.3 is 14.9 Å². The van der Waals surface area contributed by atoms with E-state index in [2.05, 4.69) is 6.92 Å². The molecule has 3 N–H and O–H groups in total. The summed E-state index contributed by atoms with van der Waals surface area (Å²) >= 11 is 0. The highest BCUT2D eigenvalue weighted by molar-refractivity contribution is 7.87. The minimum absolute atomic E-state index is 0.0757. The molecule has 0 fully saturated rings. The summed E-state index contributed by atoms with van der Waals surface area (Å²) in [6.45, 7) is 2.12. The van der Waals surface area contributed by atoms with E-state index in [0.717, 1.165) is 25.7 Å². The molecule has 0 aliphatic rings. The van der Waals surface area contributed by atoms with Crippen molar-refractivity contribution in [3.63, 3.8) is 0 Å². The van der Waals surface area contributed by atoms with Crippen LogP contribution in [0, 0.1) is 0 Å². The largest absolute Gasteiger partial charge is 0.480 e. The van der Waals surface area contributed by atoms with Gasteiger partial charge >= 0.3 is 11.9 Å². The zero-order valence-corrected chi connectivity index (χ0v) is 17.0. The fourth-order valence-corrected chi connectivity index (χ4v) is 3.62. The summed E-state index contributed by atoms with van der Waals surface area (Å²) in [5.74, 6) is -3.70. The molecule has 2 atom stereocenters. The lowest BCUT2D eigenvalue weighted by Gasteiger charge is -2.18. The summed E-state index contributed by atoms with van der Waals surface area (Å²) in [4.78, 5) is 22.0. The third-order valence-corrected chi connectivity index (χ3v) is 5.47. The lowest BCUT2D eigenvalue weighted by Crippen LogP contribution is -2.46. The van der Waals surface area contributed by atoms with Crippen LogP contribution >= 0.6 is 0 Å². The lowest BCUT2D eigenvalue weighted by molar-refractivity contribution is -0.156. The molecule has 8 nitrogen and oxygen atoms in total. The highest BCUT2D eigenvalue weighted by Gasteiger charge is 2.44. The van der Waals surface area contributed by atoms with Crippen molar-refractivity contribution in [2.45, 2.75) is 95.3 Å². The Bertz CT molecular complexity index is 517. The Morgan fingerprint density at radius 2 is 1.19 bits per heavy atom. The molecule has 0 aliphatic heterocycles. The Hall–Kier alpha value is -1.19. The van der Waals surface area contributed by atoms with E-state index in [9.17, 15) is 18.0 Å². The van der Waals surface area contributed by atoms with Gasteiger partial charge in [0.25, 0.3) is 10.1 Å². The maximum Gasteiger partial charge on any atom is 0.334 e. The number of carboxylic acids is 2. The SMILES string of the molecule is CCCCCCCCCCCCCCOC(C(=O)O)C(C(=O)O)S(=O)(=O)O. The van der Waals surface area contributed by atoms with E-state index in [-0.39, 0.29) is 6.61 Å². The van der Waals surface area contributed by atoms with E-state index in [1.807, 2.05) is 0 Å². The zero-order valence-electron chi connectivity index (χ0n) is 16.1. The second-order valence-electron chi connectivity index (χ2n) is 6.79. The fraction of sp³-hybridized carbons (Fsp3) is 0.889. The molecule has 0 aromatic heterocycles. The van der Waals surface area contributed by atoms with E-state index in [1.54, 1.807) is 0 Å². The molecular weight excluding hydrogens is 376 g/mol. The van der Waals surface area contributed by atoms with Crippen molar-refractivity contribution < 1.29 is 37.5 Å². The molecule has 0 bridgehead atoms. The maximum atomic E-state index is 11.1. The number of carboxylic acid groups (broad SMARTS) is 2. The number of hydrogen-bond acceptors (Lipinski definition) is 5. The third kappa shape index (κ3) is 12.8. The van der Waals surface area contributed by atoms with Crippen LogP contribution in [0.3, 0.4) is 0 Å². The third-order valence-electron chi connectivity index (χ3n) is 4.38. The van der Waals surface area contributed by atoms with Crippen molar-refractivity contribution in [3.05, 3.63) is 0 Å². The summed E-state index contributed by atoms with van der Waals surface area (Å²) < 4.78 is 36.0. The monoisotopic (exact) mass is 410 g/mol. The Morgan fingerprint density at radius 3 is 1.52 bits per heavy atom. The molecule has 0 saturated carbocycles. The number of rotatable bonds is 18. The summed E-state index contributed by atoms with van der Waals surface area (Å²) in [6, 6.07) is 0. The van der Waals surface area contributed by atoms with Gasteiger partial charge in [0.2, 0.25) is 5.25 Å². The lowest BCUT2D eigenvalue weighted by atomic mass is 10.1. The van der Waals surface area contributed by atoms with Crippen LogP contribution in [0.2, 0.25) is 0 Å². The molecule has 0 spiro atoms. The van der Waals surface area contributed by atoms with Crippen LogP contribution in [0.25, 0.3) is 0 Å². The average molecular weight is 411 g/mol. The van der Waals surface area contributed by atoms with Crippen LogP contribution in [0.5, 0.6) is 0 Å². The molecule has 0 saturated heterocycles. The van der Waals surface area contributed by atoms with Gasteiger partial charge in [0.1, 0.15) is 0 Å². The van der Waals surface area contributed by atoms with Gasteiger partial charge in [-0.2, -0.15) is 8.42 Å². The van der Waals surface area contributed by atoms with Crippen molar-refractivity contribution in [2.75, 3.05) is 6.61 Å². The number of carbonyl (C=O) groups is 2. The molecule has 160 valence electrons. The highest BCUT2D eigenvalue weighted by atomic mass is 32.2. The summed E-state index contributed by atoms with van der Waals surface area (Å²) in [6.07, 6.45) is 11.2. The molecule has 0 radical (unpaired) electrons. The standard InChI is InChI=1S/C18H34O8S/c1-2-3-4-5-6-7-8-9-10-11-12-13-14-26-15(17(19)20)16(18(21)22)27(23,24)25/h15-16H,2-14H2,1H3,(H,19,20)(H,21,22)(H,23,24,25). The Labute approximate surface area is 162 Å². The van der Waals surface area contributed by atoms with Crippen molar-refractivity contribution in [3.8, 4) is 0 Å². The maximum absolute atomic E-state index is 11.1. The van der Waals surface area contributed by atoms with Gasteiger partial charge in [0.05, 0.1) is 0 Å². The molecular formula is C18H34O8S. The van der Waals surface area contributed by atoms with E-state index < -0.39 is 33.4 Å². The van der Waals surface area contributed by atoms with Crippen molar-refractivity contribution in [2.24, 2.45) is 0 Å². The van der Waals surface area contributed by atoms with E-state index in [1.165, 1.54) is 44.9 Å². The summed E-state index contributed by atoms with van der Waals surface area (Å²) in [5, 5.41) is 15.3. The highest BCUT2D eigenvalue weighted by Crippen LogP contribution is 2.14. The molecule has 0 heterocycles. The number of aliphatic carboxylic acids is 2. The first-order valence-corrected chi connectivity index (χ1v) is 11.3. The molecule has 9 heteroatoms. The molecule has 2 unspecified atom stereocenters. The van der Waals surface area contributed by atoms with Crippen molar-refractivity contribution in [1.29, 1.82) is 0 Å². The first kappa shape index (κ1) is 25.8. The van der Waals surface area contributed by atoms with E-state index in [4.69, 9.17) is 19.5 Å². The quantitative estimate of drug-likeness (QED) is 0.230. The average Bonchev–Trinajstić information content (AvgIpc) is 2.56. The van der Waals surface area contributed by atoms with E-state index in [0.29, 0.717) is 6.42 Å². The smallest absolute Gasteiger partial charge is 0.334 e. The molecule has 0 rings (SSSR count). The number of unbranched alkanes of at least 4 members (excludes halogenated alkanes) is 11. The molecule has 0 aliphatic carbocycles. The van der Waals surface area contributed by atoms with Crippen LogP contribution in [0.1, 0.15) is 84.0 Å². The molecule has 27 heavy (non-hydrogen) atoms. The second kappa shape index (κ2) is 14.8. The minimum Gasteiger partial charge on any atom is -0.480 e. The summed E-state index contributed by atoms with van der Waals surface area (Å²) in [5.41, 5.74) is 0. The molecule has 0 amide bonds. The van der Waals surface area contributed by atoms with Gasteiger partial charge in [-0.1, -0.05) is 77.6 Å². The first-order chi connectivity index (χ1) is 12.7. The van der Waals surface area contributed by atoms with Gasteiger partial charge in [-0.3, -0.25) is 9.35 Å². The number of ether oxygens (including phenoxy) is 1. The zero-order chi connectivity index (χ0) is 20.7. The van der Waals surface area contributed by atoms with Crippen molar-refractivity contribution >= 4 is 22.1 Å². The Morgan fingerprint density at radius 1 is 0.778 bits per heavy atom. The molecule has 0 aromatic carbocycles. The Kier molecular flexibility index (Phi) is 14.2. The van der Waals surface area contributed by atoms with Crippen molar-refractivity contribution in [1.82, 2.24) is 0 Å². The Balaban J connectivity index is 3.88. The minimum atomic E-state index is -5.08. The summed E-state index contributed by atoms with van der Waals surface area (Å²) in [7, 11) is -5.08. The predicted molar refractivity (Wildman–Crippen MR) is 101 cm³/mol. The topological polar surface area (TPSA) is 138 Å². The van der Waals surface area contributed by atoms with Crippen LogP contribution in [-0.4, -0.2) is 53.1 Å². The molecule has 0 aromatic rings. The first-order valence-electron chi connectivity index (χ1n) is 9.75. The van der Waals surface area contributed by atoms with Gasteiger partial charge in [0.15, 0.2) is 6.10 Å². The van der Waals surface area contributed by atoms with Gasteiger partial charge in [0, 0.05) is 6.61 Å². The second-order valence-corrected chi connectivity index (χ2v) is 8.33. The van der Waals surface area contributed by atoms with E-state index >= 15 is 0 Å². The van der Waals surface area contributed by atoms with Crippen LogP contribution in [0.4, 0.5) is 0 Å². The van der Waals surface area contributed by atoms with Gasteiger partial charge in [-0.15, -0.1) is 0 Å². The van der Waals surface area contributed by atoms with Crippen LogP contribution in [0.15, 0.2) is 0 Å². The van der Waals surface area contributed by atoms with Gasteiger partial charge in [-0.05, 0) is 6.42 Å².